The lowest BCUT2D eigenvalue weighted by molar-refractivity contribution is 0.0947. The Bertz CT molecular complexity index is 713. The number of rotatable bonds is 4. The minimum atomic E-state index is -0.381. The highest BCUT2D eigenvalue weighted by molar-refractivity contribution is 5.93. The van der Waals surface area contributed by atoms with Gasteiger partial charge in [0.1, 0.15) is 11.4 Å². The Morgan fingerprint density at radius 3 is 2.62 bits per heavy atom. The summed E-state index contributed by atoms with van der Waals surface area (Å²) in [5.41, 5.74) is 0.773. The predicted molar refractivity (Wildman–Crippen MR) is 80.2 cm³/mol. The van der Waals surface area contributed by atoms with Crippen molar-refractivity contribution in [1.29, 1.82) is 0 Å². The van der Waals surface area contributed by atoms with E-state index in [2.05, 4.69) is 10.3 Å². The summed E-state index contributed by atoms with van der Waals surface area (Å²) in [7, 11) is 3.54. The van der Waals surface area contributed by atoms with Crippen LogP contribution >= 0.6 is 0 Å². The van der Waals surface area contributed by atoms with Crippen molar-refractivity contribution in [3.63, 3.8) is 0 Å². The van der Waals surface area contributed by atoms with Gasteiger partial charge >= 0.3 is 0 Å². The Balaban J connectivity index is 2.19. The maximum atomic E-state index is 12.2. The van der Waals surface area contributed by atoms with Gasteiger partial charge in [-0.3, -0.25) is 9.59 Å². The molecule has 0 aliphatic heterocycles. The SMILES string of the molecule is CC(C)c1ccc(C(=O)NCc2nccn2C)c(=O)n1C. The fourth-order valence-corrected chi connectivity index (χ4v) is 2.22. The smallest absolute Gasteiger partial charge is 0.263 e. The van der Waals surface area contributed by atoms with Gasteiger partial charge in [-0.05, 0) is 18.1 Å². The summed E-state index contributed by atoms with van der Waals surface area (Å²) in [5.74, 6) is 0.584. The molecule has 0 atom stereocenters. The molecule has 6 heteroatoms. The third kappa shape index (κ3) is 3.04. The zero-order chi connectivity index (χ0) is 15.6. The lowest BCUT2D eigenvalue weighted by Gasteiger charge is -2.13. The van der Waals surface area contributed by atoms with E-state index in [1.807, 2.05) is 31.5 Å². The Morgan fingerprint density at radius 2 is 2.05 bits per heavy atom. The van der Waals surface area contributed by atoms with Gasteiger partial charge in [0, 0.05) is 32.2 Å². The first kappa shape index (κ1) is 15.0. The molecule has 0 fully saturated rings. The zero-order valence-corrected chi connectivity index (χ0v) is 12.8. The number of nitrogens with zero attached hydrogens (tertiary/aromatic N) is 3. The van der Waals surface area contributed by atoms with Crippen LogP contribution in [0.2, 0.25) is 0 Å². The van der Waals surface area contributed by atoms with Crippen LogP contribution in [0.25, 0.3) is 0 Å². The van der Waals surface area contributed by atoms with Gasteiger partial charge in [-0.25, -0.2) is 4.98 Å². The fraction of sp³-hybridized carbons (Fsp3) is 0.400. The van der Waals surface area contributed by atoms with E-state index in [0.29, 0.717) is 0 Å². The number of aryl methyl sites for hydroxylation is 1. The summed E-state index contributed by atoms with van der Waals surface area (Å²) in [6.07, 6.45) is 3.47. The number of hydrogen-bond donors (Lipinski definition) is 1. The molecule has 21 heavy (non-hydrogen) atoms. The summed E-state index contributed by atoms with van der Waals surface area (Å²) in [4.78, 5) is 28.5. The molecule has 2 aromatic heterocycles. The predicted octanol–water partition coefficient (Wildman–Crippen LogP) is 1.17. The van der Waals surface area contributed by atoms with E-state index < -0.39 is 0 Å². The molecule has 0 radical (unpaired) electrons. The van der Waals surface area contributed by atoms with Gasteiger partial charge < -0.3 is 14.5 Å². The molecule has 112 valence electrons. The summed E-state index contributed by atoms with van der Waals surface area (Å²) in [6.45, 7) is 4.31. The molecule has 0 spiro atoms. The third-order valence-electron chi connectivity index (χ3n) is 3.51. The normalized spacial score (nSPS) is 10.9. The van der Waals surface area contributed by atoms with Crippen LogP contribution in [0, 0.1) is 0 Å². The highest BCUT2D eigenvalue weighted by atomic mass is 16.2. The average molecular weight is 288 g/mol. The Kier molecular flexibility index (Phi) is 4.26. The largest absolute Gasteiger partial charge is 0.345 e. The minimum Gasteiger partial charge on any atom is -0.345 e. The number of aromatic nitrogens is 3. The Morgan fingerprint density at radius 1 is 1.33 bits per heavy atom. The van der Waals surface area contributed by atoms with Crippen molar-refractivity contribution in [3.05, 3.63) is 52.0 Å². The van der Waals surface area contributed by atoms with Crippen molar-refractivity contribution >= 4 is 5.91 Å². The minimum absolute atomic E-state index is 0.149. The second kappa shape index (κ2) is 5.95. The van der Waals surface area contributed by atoms with Crippen molar-refractivity contribution in [1.82, 2.24) is 19.4 Å². The van der Waals surface area contributed by atoms with Crippen LogP contribution in [0.15, 0.2) is 29.3 Å². The lowest BCUT2D eigenvalue weighted by Crippen LogP contribution is -2.33. The quantitative estimate of drug-likeness (QED) is 0.918. The number of pyridine rings is 1. The Hall–Kier alpha value is -2.37. The monoisotopic (exact) mass is 288 g/mol. The number of imidazole rings is 1. The molecular weight excluding hydrogens is 268 g/mol. The average Bonchev–Trinajstić information content (AvgIpc) is 2.84. The van der Waals surface area contributed by atoms with Gasteiger partial charge in [0.2, 0.25) is 0 Å². The van der Waals surface area contributed by atoms with Gasteiger partial charge in [0.25, 0.3) is 11.5 Å². The second-order valence-corrected chi connectivity index (χ2v) is 5.33. The third-order valence-corrected chi connectivity index (χ3v) is 3.51. The molecule has 2 heterocycles. The molecule has 0 unspecified atom stereocenters. The van der Waals surface area contributed by atoms with E-state index in [4.69, 9.17) is 0 Å². The first-order valence-electron chi connectivity index (χ1n) is 6.86. The van der Waals surface area contributed by atoms with Crippen molar-refractivity contribution in [2.24, 2.45) is 14.1 Å². The van der Waals surface area contributed by atoms with Gasteiger partial charge in [-0.1, -0.05) is 13.8 Å². The summed E-state index contributed by atoms with van der Waals surface area (Å²) in [5, 5.41) is 2.72. The molecule has 0 aliphatic rings. The first-order chi connectivity index (χ1) is 9.91. The molecule has 1 amide bonds. The maximum Gasteiger partial charge on any atom is 0.263 e. The molecule has 0 bridgehead atoms. The van der Waals surface area contributed by atoms with Crippen molar-refractivity contribution < 1.29 is 4.79 Å². The van der Waals surface area contributed by atoms with Crippen LogP contribution in [0.5, 0.6) is 0 Å². The van der Waals surface area contributed by atoms with Crippen LogP contribution in [0.4, 0.5) is 0 Å². The number of carbonyl (C=O) groups excluding carboxylic acids is 1. The molecule has 1 N–H and O–H groups in total. The van der Waals surface area contributed by atoms with E-state index in [9.17, 15) is 9.59 Å². The first-order valence-corrected chi connectivity index (χ1v) is 6.86. The van der Waals surface area contributed by atoms with Gasteiger partial charge in [0.15, 0.2) is 0 Å². The molecular formula is C15H20N4O2. The van der Waals surface area contributed by atoms with Crippen LogP contribution in [0.1, 0.15) is 41.6 Å². The summed E-state index contributed by atoms with van der Waals surface area (Å²) < 4.78 is 3.35. The number of hydrogen-bond acceptors (Lipinski definition) is 3. The van der Waals surface area contributed by atoms with Crippen LogP contribution < -0.4 is 10.9 Å². The lowest BCUT2D eigenvalue weighted by atomic mass is 10.1. The van der Waals surface area contributed by atoms with Crippen LogP contribution in [-0.4, -0.2) is 20.0 Å². The van der Waals surface area contributed by atoms with Gasteiger partial charge in [-0.15, -0.1) is 0 Å². The van der Waals surface area contributed by atoms with E-state index in [-0.39, 0.29) is 29.5 Å². The zero-order valence-electron chi connectivity index (χ0n) is 12.8. The van der Waals surface area contributed by atoms with Crippen LogP contribution in [-0.2, 0) is 20.6 Å². The molecule has 6 nitrogen and oxygen atoms in total. The Labute approximate surface area is 123 Å². The molecule has 0 aromatic carbocycles. The van der Waals surface area contributed by atoms with Crippen molar-refractivity contribution in [2.75, 3.05) is 0 Å². The number of carbonyl (C=O) groups is 1. The molecule has 0 aliphatic carbocycles. The van der Waals surface area contributed by atoms with Gasteiger partial charge in [-0.2, -0.15) is 0 Å². The fourth-order valence-electron chi connectivity index (χ4n) is 2.22. The van der Waals surface area contributed by atoms with Crippen molar-refractivity contribution in [2.45, 2.75) is 26.3 Å². The van der Waals surface area contributed by atoms with E-state index in [1.165, 1.54) is 4.57 Å². The highest BCUT2D eigenvalue weighted by Gasteiger charge is 2.14. The molecule has 0 saturated carbocycles. The maximum absolute atomic E-state index is 12.2. The standard InChI is InChI=1S/C15H20N4O2/c1-10(2)12-6-5-11(15(21)19(12)4)14(20)17-9-13-16-7-8-18(13)3/h5-8,10H,9H2,1-4H3,(H,17,20). The van der Waals surface area contributed by atoms with E-state index in [1.54, 1.807) is 25.5 Å². The van der Waals surface area contributed by atoms with E-state index in [0.717, 1.165) is 11.5 Å². The number of amides is 1. The highest BCUT2D eigenvalue weighted by Crippen LogP contribution is 2.11. The number of nitrogens with one attached hydrogen (secondary N) is 1. The van der Waals surface area contributed by atoms with Gasteiger partial charge in [0.05, 0.1) is 6.54 Å². The van der Waals surface area contributed by atoms with E-state index >= 15 is 0 Å². The van der Waals surface area contributed by atoms with Crippen molar-refractivity contribution in [3.8, 4) is 0 Å². The molecule has 2 rings (SSSR count). The summed E-state index contributed by atoms with van der Waals surface area (Å²) in [6, 6.07) is 3.41. The molecule has 0 saturated heterocycles. The topological polar surface area (TPSA) is 68.9 Å². The molecule has 2 aromatic rings. The second-order valence-electron chi connectivity index (χ2n) is 5.33. The summed E-state index contributed by atoms with van der Waals surface area (Å²) >= 11 is 0. The van der Waals surface area contributed by atoms with Crippen LogP contribution in [0.3, 0.4) is 0 Å².